The first-order chi connectivity index (χ1) is 12.9. The summed E-state index contributed by atoms with van der Waals surface area (Å²) in [7, 11) is -3.43. The van der Waals surface area contributed by atoms with Crippen LogP contribution >= 0.6 is 11.8 Å². The molecule has 6 nitrogen and oxygen atoms in total. The molecule has 1 amide bonds. The highest BCUT2D eigenvalue weighted by Crippen LogP contribution is 2.33. The normalized spacial score (nSPS) is 21.1. The second kappa shape index (κ2) is 9.19. The molecule has 1 saturated carbocycles. The summed E-state index contributed by atoms with van der Waals surface area (Å²) in [4.78, 5) is 12.6. The van der Waals surface area contributed by atoms with Gasteiger partial charge < -0.3 is 10.1 Å². The Bertz CT molecular complexity index is 748. The number of thioether (sulfide) groups is 1. The summed E-state index contributed by atoms with van der Waals surface area (Å²) in [6, 6.07) is 6.96. The van der Waals surface area contributed by atoms with Gasteiger partial charge in [0.1, 0.15) is 5.75 Å². The van der Waals surface area contributed by atoms with Gasteiger partial charge in [-0.3, -0.25) is 9.10 Å². The lowest BCUT2D eigenvalue weighted by Gasteiger charge is -2.21. The standard InChI is InChI=1S/C19H28N2O4S2/c1-27(23,24)21-13-11-18(25-17-10-6-5-9-16(17)21)19(22)20-12-14-26-15-7-3-2-4-8-15/h5-6,9-10,15,18H,2-4,7-8,11-14H2,1H3,(H,20,22)/t18-/m1/s1. The molecule has 0 aromatic heterocycles. The average molecular weight is 413 g/mol. The van der Waals surface area contributed by atoms with Crippen molar-refractivity contribution in [2.45, 2.75) is 49.9 Å². The Labute approximate surface area is 166 Å². The van der Waals surface area contributed by atoms with Crippen LogP contribution in [0.5, 0.6) is 5.75 Å². The van der Waals surface area contributed by atoms with Crippen LogP contribution in [0.3, 0.4) is 0 Å². The molecule has 0 unspecified atom stereocenters. The number of carbonyl (C=O) groups is 1. The zero-order valence-corrected chi connectivity index (χ0v) is 17.4. The van der Waals surface area contributed by atoms with Crippen molar-refractivity contribution >= 4 is 33.4 Å². The van der Waals surface area contributed by atoms with Crippen molar-refractivity contribution in [2.24, 2.45) is 0 Å². The van der Waals surface area contributed by atoms with Crippen LogP contribution in [0.2, 0.25) is 0 Å². The number of ether oxygens (including phenoxy) is 1. The number of rotatable bonds is 6. The van der Waals surface area contributed by atoms with Gasteiger partial charge in [-0.15, -0.1) is 0 Å². The fraction of sp³-hybridized carbons (Fsp3) is 0.632. The molecular weight excluding hydrogens is 384 g/mol. The van der Waals surface area contributed by atoms with Crippen LogP contribution in [-0.2, 0) is 14.8 Å². The third-order valence-corrected chi connectivity index (χ3v) is 7.56. The Balaban J connectivity index is 1.55. The maximum Gasteiger partial charge on any atom is 0.261 e. The van der Waals surface area contributed by atoms with E-state index in [1.165, 1.54) is 42.7 Å². The largest absolute Gasteiger partial charge is 0.478 e. The van der Waals surface area contributed by atoms with Gasteiger partial charge in [0, 0.05) is 30.5 Å². The van der Waals surface area contributed by atoms with E-state index in [-0.39, 0.29) is 12.5 Å². The van der Waals surface area contributed by atoms with Gasteiger partial charge in [-0.25, -0.2) is 8.42 Å². The predicted molar refractivity (Wildman–Crippen MR) is 110 cm³/mol. The maximum atomic E-state index is 12.6. The third kappa shape index (κ3) is 5.54. The lowest BCUT2D eigenvalue weighted by atomic mass is 10.0. The average Bonchev–Trinajstić information content (AvgIpc) is 2.85. The van der Waals surface area contributed by atoms with Gasteiger partial charge in [0.15, 0.2) is 6.10 Å². The monoisotopic (exact) mass is 412 g/mol. The highest BCUT2D eigenvalue weighted by molar-refractivity contribution is 7.99. The molecule has 1 fully saturated rings. The summed E-state index contributed by atoms with van der Waals surface area (Å²) < 4.78 is 31.4. The quantitative estimate of drug-likeness (QED) is 0.727. The molecule has 1 aliphatic heterocycles. The van der Waals surface area contributed by atoms with Gasteiger partial charge in [-0.2, -0.15) is 11.8 Å². The number of sulfonamides is 1. The number of benzene rings is 1. The van der Waals surface area contributed by atoms with Crippen molar-refractivity contribution in [2.75, 3.05) is 29.4 Å². The van der Waals surface area contributed by atoms with E-state index >= 15 is 0 Å². The van der Waals surface area contributed by atoms with E-state index in [1.807, 2.05) is 11.8 Å². The van der Waals surface area contributed by atoms with E-state index in [4.69, 9.17) is 4.74 Å². The van der Waals surface area contributed by atoms with E-state index in [2.05, 4.69) is 5.32 Å². The van der Waals surface area contributed by atoms with Crippen molar-refractivity contribution < 1.29 is 17.9 Å². The van der Waals surface area contributed by atoms with Crippen molar-refractivity contribution in [3.63, 3.8) is 0 Å². The highest BCUT2D eigenvalue weighted by Gasteiger charge is 2.30. The molecule has 0 radical (unpaired) electrons. The van der Waals surface area contributed by atoms with Crippen molar-refractivity contribution in [1.82, 2.24) is 5.32 Å². The first-order valence-corrected chi connectivity index (χ1v) is 12.5. The Hall–Kier alpha value is -1.41. The summed E-state index contributed by atoms with van der Waals surface area (Å²) in [5, 5.41) is 3.67. The van der Waals surface area contributed by atoms with E-state index in [0.29, 0.717) is 24.4 Å². The molecule has 0 spiro atoms. The summed E-state index contributed by atoms with van der Waals surface area (Å²) in [5.74, 6) is 1.15. The predicted octanol–water partition coefficient (Wildman–Crippen LogP) is 2.79. The van der Waals surface area contributed by atoms with Crippen molar-refractivity contribution in [3.8, 4) is 5.75 Å². The topological polar surface area (TPSA) is 75.7 Å². The summed E-state index contributed by atoms with van der Waals surface area (Å²) in [6.45, 7) is 0.835. The lowest BCUT2D eigenvalue weighted by Crippen LogP contribution is -2.40. The van der Waals surface area contributed by atoms with Gasteiger partial charge in [0.2, 0.25) is 10.0 Å². The second-order valence-electron chi connectivity index (χ2n) is 7.12. The Kier molecular flexibility index (Phi) is 6.92. The number of nitrogens with one attached hydrogen (secondary N) is 1. The minimum absolute atomic E-state index is 0.176. The first kappa shape index (κ1) is 20.3. The van der Waals surface area contributed by atoms with Gasteiger partial charge in [-0.05, 0) is 25.0 Å². The highest BCUT2D eigenvalue weighted by atomic mass is 32.2. The minimum atomic E-state index is -3.43. The van der Waals surface area contributed by atoms with E-state index in [0.717, 1.165) is 11.0 Å². The number of hydrogen-bond acceptors (Lipinski definition) is 5. The molecule has 1 heterocycles. The zero-order valence-electron chi connectivity index (χ0n) is 15.7. The Morgan fingerprint density at radius 3 is 2.70 bits per heavy atom. The molecule has 1 aliphatic carbocycles. The number of nitrogens with zero attached hydrogens (tertiary/aromatic N) is 1. The fourth-order valence-corrected chi connectivity index (χ4v) is 5.77. The molecule has 27 heavy (non-hydrogen) atoms. The first-order valence-electron chi connectivity index (χ1n) is 9.58. The number of hydrogen-bond donors (Lipinski definition) is 1. The second-order valence-corrected chi connectivity index (χ2v) is 10.4. The lowest BCUT2D eigenvalue weighted by molar-refractivity contribution is -0.127. The molecule has 150 valence electrons. The van der Waals surface area contributed by atoms with Crippen LogP contribution in [0.25, 0.3) is 0 Å². The van der Waals surface area contributed by atoms with Gasteiger partial charge in [0.05, 0.1) is 11.9 Å². The van der Waals surface area contributed by atoms with Crippen LogP contribution in [0, 0.1) is 0 Å². The van der Waals surface area contributed by atoms with Crippen LogP contribution in [0.4, 0.5) is 5.69 Å². The van der Waals surface area contributed by atoms with Gasteiger partial charge >= 0.3 is 0 Å². The molecule has 1 atom stereocenters. The number of para-hydroxylation sites is 2. The molecule has 0 bridgehead atoms. The molecule has 1 aromatic carbocycles. The molecule has 8 heteroatoms. The van der Waals surface area contributed by atoms with Crippen LogP contribution < -0.4 is 14.4 Å². The smallest absolute Gasteiger partial charge is 0.261 e. The summed E-state index contributed by atoms with van der Waals surface area (Å²) >= 11 is 1.94. The number of amides is 1. The van der Waals surface area contributed by atoms with E-state index in [9.17, 15) is 13.2 Å². The number of fused-ring (bicyclic) bond motifs is 1. The molecule has 2 aliphatic rings. The number of anilines is 1. The number of carbonyl (C=O) groups excluding carboxylic acids is 1. The van der Waals surface area contributed by atoms with Gasteiger partial charge in [-0.1, -0.05) is 31.4 Å². The minimum Gasteiger partial charge on any atom is -0.478 e. The van der Waals surface area contributed by atoms with Crippen LogP contribution in [-0.4, -0.2) is 50.8 Å². The summed E-state index contributed by atoms with van der Waals surface area (Å²) in [5.41, 5.74) is 0.489. The van der Waals surface area contributed by atoms with E-state index < -0.39 is 16.1 Å². The molecule has 1 aromatic rings. The van der Waals surface area contributed by atoms with Gasteiger partial charge in [0.25, 0.3) is 5.91 Å². The van der Waals surface area contributed by atoms with Crippen LogP contribution in [0.1, 0.15) is 38.5 Å². The molecular formula is C19H28N2O4S2. The van der Waals surface area contributed by atoms with Crippen LogP contribution in [0.15, 0.2) is 24.3 Å². The van der Waals surface area contributed by atoms with Crippen molar-refractivity contribution in [1.29, 1.82) is 0 Å². The molecule has 0 saturated heterocycles. The fourth-order valence-electron chi connectivity index (χ4n) is 3.60. The third-order valence-electron chi connectivity index (χ3n) is 5.00. The molecule has 3 rings (SSSR count). The Morgan fingerprint density at radius 1 is 1.22 bits per heavy atom. The molecule has 1 N–H and O–H groups in total. The summed E-state index contributed by atoms with van der Waals surface area (Å²) in [6.07, 6.45) is 7.35. The van der Waals surface area contributed by atoms with E-state index in [1.54, 1.807) is 24.3 Å². The maximum absolute atomic E-state index is 12.6. The SMILES string of the molecule is CS(=O)(=O)N1CC[C@H](C(=O)NCCSC2CCCCC2)Oc2ccccc21. The zero-order chi connectivity index (χ0) is 19.3. The van der Waals surface area contributed by atoms with Crippen molar-refractivity contribution in [3.05, 3.63) is 24.3 Å². The Morgan fingerprint density at radius 2 is 1.96 bits per heavy atom.